The standard InChI is InChI=1S/C24H20FN5O5/c1-29(16-6-7-18(25)17(10-16)23(32)34-2)22(31)15-5-9-21-27-12-19(30(21)13-15)14-4-8-20(26-11-14)28-24(33)35-3/h4-13H,1-3H3,(H,26,28,33). The fourth-order valence-corrected chi connectivity index (χ4v) is 3.39. The van der Waals surface area contributed by atoms with E-state index in [2.05, 4.69) is 24.8 Å². The van der Waals surface area contributed by atoms with E-state index in [4.69, 9.17) is 0 Å². The number of aromatic nitrogens is 3. The molecule has 0 bridgehead atoms. The summed E-state index contributed by atoms with van der Waals surface area (Å²) in [5.74, 6) is -1.65. The smallest absolute Gasteiger partial charge is 0.412 e. The minimum Gasteiger partial charge on any atom is -0.465 e. The number of carbonyl (C=O) groups excluding carboxylic acids is 3. The number of nitrogens with zero attached hydrogens (tertiary/aromatic N) is 4. The third-order valence-corrected chi connectivity index (χ3v) is 5.27. The van der Waals surface area contributed by atoms with Gasteiger partial charge in [-0.15, -0.1) is 0 Å². The van der Waals surface area contributed by atoms with Gasteiger partial charge in [-0.3, -0.25) is 14.5 Å². The van der Waals surface area contributed by atoms with Crippen molar-refractivity contribution in [3.63, 3.8) is 0 Å². The SMILES string of the molecule is COC(=O)Nc1ccc(-c2cnc3ccc(C(=O)N(C)c4ccc(F)c(C(=O)OC)c4)cn23)cn1. The number of ether oxygens (including phenoxy) is 2. The van der Waals surface area contributed by atoms with Crippen LogP contribution in [0.4, 0.5) is 20.7 Å². The van der Waals surface area contributed by atoms with Crippen molar-refractivity contribution in [1.82, 2.24) is 14.4 Å². The Kier molecular flexibility index (Phi) is 6.40. The summed E-state index contributed by atoms with van der Waals surface area (Å²) in [7, 11) is 3.93. The molecule has 3 heterocycles. The Balaban J connectivity index is 1.64. The number of carbonyl (C=O) groups is 3. The molecule has 0 unspecified atom stereocenters. The first-order valence-electron chi connectivity index (χ1n) is 10.3. The molecule has 0 radical (unpaired) electrons. The van der Waals surface area contributed by atoms with Crippen LogP contribution >= 0.6 is 0 Å². The predicted molar refractivity (Wildman–Crippen MR) is 125 cm³/mol. The van der Waals surface area contributed by atoms with Gasteiger partial charge in [0.05, 0.1) is 37.2 Å². The maximum atomic E-state index is 14.0. The van der Waals surface area contributed by atoms with Crippen molar-refractivity contribution in [3.05, 3.63) is 78.0 Å². The number of nitrogens with one attached hydrogen (secondary N) is 1. The zero-order valence-electron chi connectivity index (χ0n) is 19.0. The van der Waals surface area contributed by atoms with Crippen molar-refractivity contribution in [2.45, 2.75) is 0 Å². The van der Waals surface area contributed by atoms with Crippen LogP contribution in [0.2, 0.25) is 0 Å². The van der Waals surface area contributed by atoms with E-state index in [9.17, 15) is 18.8 Å². The first-order valence-corrected chi connectivity index (χ1v) is 10.3. The second-order valence-electron chi connectivity index (χ2n) is 7.36. The predicted octanol–water partition coefficient (Wildman–Crippen LogP) is 3.78. The van der Waals surface area contributed by atoms with Gasteiger partial charge in [-0.25, -0.2) is 23.9 Å². The van der Waals surface area contributed by atoms with E-state index in [0.29, 0.717) is 34.0 Å². The number of esters is 1. The third kappa shape index (κ3) is 4.64. The lowest BCUT2D eigenvalue weighted by molar-refractivity contribution is 0.0595. The molecule has 0 aliphatic heterocycles. The van der Waals surface area contributed by atoms with Gasteiger partial charge in [0, 0.05) is 30.7 Å². The molecule has 0 aliphatic carbocycles. The average Bonchev–Trinajstić information content (AvgIpc) is 3.31. The molecule has 1 aromatic carbocycles. The van der Waals surface area contributed by atoms with Gasteiger partial charge in [-0.2, -0.15) is 0 Å². The largest absolute Gasteiger partial charge is 0.465 e. The number of methoxy groups -OCH3 is 2. The third-order valence-electron chi connectivity index (χ3n) is 5.27. The lowest BCUT2D eigenvalue weighted by Crippen LogP contribution is -2.27. The summed E-state index contributed by atoms with van der Waals surface area (Å²) in [6.45, 7) is 0. The van der Waals surface area contributed by atoms with Gasteiger partial charge in [0.1, 0.15) is 17.3 Å². The summed E-state index contributed by atoms with van der Waals surface area (Å²) in [6.07, 6.45) is 4.19. The van der Waals surface area contributed by atoms with E-state index in [1.54, 1.807) is 47.3 Å². The molecule has 11 heteroatoms. The van der Waals surface area contributed by atoms with Crippen LogP contribution in [0.25, 0.3) is 16.9 Å². The fourth-order valence-electron chi connectivity index (χ4n) is 3.39. The topological polar surface area (TPSA) is 115 Å². The normalized spacial score (nSPS) is 10.6. The molecule has 178 valence electrons. The van der Waals surface area contributed by atoms with E-state index < -0.39 is 17.9 Å². The van der Waals surface area contributed by atoms with Crippen LogP contribution in [0.15, 0.2) is 61.1 Å². The van der Waals surface area contributed by atoms with E-state index in [0.717, 1.165) is 13.2 Å². The van der Waals surface area contributed by atoms with E-state index in [-0.39, 0.29) is 11.5 Å². The Bertz CT molecular complexity index is 1430. The van der Waals surface area contributed by atoms with E-state index in [1.807, 2.05) is 0 Å². The molecular weight excluding hydrogens is 457 g/mol. The Hall–Kier alpha value is -4.80. The summed E-state index contributed by atoms with van der Waals surface area (Å²) in [5.41, 5.74) is 2.36. The van der Waals surface area contributed by atoms with Crippen LogP contribution < -0.4 is 10.2 Å². The van der Waals surface area contributed by atoms with Crippen molar-refractivity contribution >= 4 is 35.1 Å². The number of hydrogen-bond donors (Lipinski definition) is 1. The van der Waals surface area contributed by atoms with Crippen molar-refractivity contribution in [2.24, 2.45) is 0 Å². The summed E-state index contributed by atoms with van der Waals surface area (Å²) in [5, 5.41) is 2.47. The Morgan fingerprint density at radius 1 is 1.00 bits per heavy atom. The number of benzene rings is 1. The Morgan fingerprint density at radius 2 is 1.80 bits per heavy atom. The van der Waals surface area contributed by atoms with Crippen LogP contribution in [0, 0.1) is 5.82 Å². The number of anilines is 2. The summed E-state index contributed by atoms with van der Waals surface area (Å²) in [6, 6.07) is 10.4. The molecule has 0 aliphatic rings. The van der Waals surface area contributed by atoms with Crippen LogP contribution in [0.5, 0.6) is 0 Å². The lowest BCUT2D eigenvalue weighted by Gasteiger charge is -2.18. The second kappa shape index (κ2) is 9.59. The van der Waals surface area contributed by atoms with Gasteiger partial charge >= 0.3 is 12.1 Å². The highest BCUT2D eigenvalue weighted by Gasteiger charge is 2.19. The lowest BCUT2D eigenvalue weighted by atomic mass is 10.1. The first-order chi connectivity index (χ1) is 16.8. The van der Waals surface area contributed by atoms with Crippen molar-refractivity contribution in [1.29, 1.82) is 0 Å². The molecular formula is C24H20FN5O5. The van der Waals surface area contributed by atoms with Gasteiger partial charge < -0.3 is 14.4 Å². The Labute approximate surface area is 198 Å². The molecule has 0 fully saturated rings. The number of imidazole rings is 1. The van der Waals surface area contributed by atoms with Crippen LogP contribution in [0.3, 0.4) is 0 Å². The quantitative estimate of drug-likeness (QED) is 0.435. The molecule has 4 aromatic rings. The molecule has 1 N–H and O–H groups in total. The molecule has 0 atom stereocenters. The molecule has 2 amide bonds. The zero-order chi connectivity index (χ0) is 25.1. The van der Waals surface area contributed by atoms with Crippen molar-refractivity contribution in [3.8, 4) is 11.3 Å². The summed E-state index contributed by atoms with van der Waals surface area (Å²) in [4.78, 5) is 46.2. The highest BCUT2D eigenvalue weighted by Crippen LogP contribution is 2.24. The van der Waals surface area contributed by atoms with Crippen LogP contribution in [-0.2, 0) is 9.47 Å². The second-order valence-corrected chi connectivity index (χ2v) is 7.36. The van der Waals surface area contributed by atoms with E-state index in [1.165, 1.54) is 31.2 Å². The van der Waals surface area contributed by atoms with E-state index >= 15 is 0 Å². The van der Waals surface area contributed by atoms with Gasteiger partial charge in [0.2, 0.25) is 0 Å². The Morgan fingerprint density at radius 3 is 2.49 bits per heavy atom. The minimum absolute atomic E-state index is 0.269. The molecule has 35 heavy (non-hydrogen) atoms. The molecule has 4 rings (SSSR count). The monoisotopic (exact) mass is 477 g/mol. The number of rotatable bonds is 5. The fraction of sp³-hybridized carbons (Fsp3) is 0.125. The molecule has 10 nitrogen and oxygen atoms in total. The summed E-state index contributed by atoms with van der Waals surface area (Å²) < 4.78 is 24.9. The zero-order valence-corrected chi connectivity index (χ0v) is 19.0. The van der Waals surface area contributed by atoms with Crippen LogP contribution in [-0.4, -0.2) is 53.6 Å². The number of amides is 2. The van der Waals surface area contributed by atoms with Crippen molar-refractivity contribution in [2.75, 3.05) is 31.5 Å². The maximum Gasteiger partial charge on any atom is 0.412 e. The number of pyridine rings is 2. The number of halogens is 1. The highest BCUT2D eigenvalue weighted by atomic mass is 19.1. The van der Waals surface area contributed by atoms with Gasteiger partial charge in [0.25, 0.3) is 5.91 Å². The molecule has 0 saturated carbocycles. The van der Waals surface area contributed by atoms with Gasteiger partial charge in [-0.05, 0) is 42.5 Å². The first kappa shape index (κ1) is 23.4. The van der Waals surface area contributed by atoms with Gasteiger partial charge in [0.15, 0.2) is 0 Å². The molecule has 0 spiro atoms. The maximum absolute atomic E-state index is 14.0. The van der Waals surface area contributed by atoms with Crippen molar-refractivity contribution < 1.29 is 28.2 Å². The number of hydrogen-bond acceptors (Lipinski definition) is 7. The molecule has 0 saturated heterocycles. The van der Waals surface area contributed by atoms with Gasteiger partial charge in [-0.1, -0.05) is 0 Å². The number of fused-ring (bicyclic) bond motifs is 1. The summed E-state index contributed by atoms with van der Waals surface area (Å²) >= 11 is 0. The molecule has 3 aromatic heterocycles. The minimum atomic E-state index is -0.837. The average molecular weight is 477 g/mol. The van der Waals surface area contributed by atoms with Crippen LogP contribution in [0.1, 0.15) is 20.7 Å². The highest BCUT2D eigenvalue weighted by molar-refractivity contribution is 6.06.